The van der Waals surface area contributed by atoms with Gasteiger partial charge in [-0.1, -0.05) is 24.3 Å². The first kappa shape index (κ1) is 43.1. The minimum absolute atomic E-state index is 0.0737. The number of halogens is 3. The Bertz CT molecular complexity index is 2160. The number of alkyl halides is 3. The number of benzene rings is 3. The van der Waals surface area contributed by atoms with Gasteiger partial charge in [-0.05, 0) is 67.6 Å². The molecule has 5 aromatic rings. The van der Waals surface area contributed by atoms with E-state index in [1.807, 2.05) is 36.4 Å². The fraction of sp³-hybridized carbons (Fsp3) is 0.325. The van der Waals surface area contributed by atoms with Gasteiger partial charge in [0.15, 0.2) is 5.56 Å². The Morgan fingerprint density at radius 1 is 1.00 bits per heavy atom. The molecule has 1 saturated heterocycles. The maximum atomic E-state index is 13.8. The SMILES string of the molecule is CC[N+](C)(C)C.COSc1ccccc1.Cn1c(-c2ccnn2-c2ccc(C#N)cc2)c(C(=O)OC2CCN(C=O)CC2)c(=O)n1-c1cccc(C(F)(F)F)c1. The second-order valence-electron chi connectivity index (χ2n) is 13.6. The molecule has 2 aromatic heterocycles. The van der Waals surface area contributed by atoms with Crippen LogP contribution in [0.2, 0.25) is 0 Å². The molecule has 0 radical (unpaired) electrons. The fourth-order valence-electron chi connectivity index (χ4n) is 5.43. The highest BCUT2D eigenvalue weighted by atomic mass is 32.2. The second kappa shape index (κ2) is 19.3. The number of hydrogen-bond donors (Lipinski definition) is 0. The van der Waals surface area contributed by atoms with Crippen molar-refractivity contribution in [3.8, 4) is 28.8 Å². The van der Waals surface area contributed by atoms with Crippen LogP contribution in [-0.4, -0.2) is 94.9 Å². The topological polar surface area (TPSA) is 124 Å². The van der Waals surface area contributed by atoms with Crippen molar-refractivity contribution in [3.63, 3.8) is 0 Å². The van der Waals surface area contributed by atoms with Gasteiger partial charge in [-0.15, -0.1) is 0 Å². The fourth-order valence-corrected chi connectivity index (χ4v) is 5.90. The molecule has 12 nitrogen and oxygen atoms in total. The summed E-state index contributed by atoms with van der Waals surface area (Å²) in [6.07, 6.45) is -2.30. The van der Waals surface area contributed by atoms with Gasteiger partial charge in [0.2, 0.25) is 6.41 Å². The van der Waals surface area contributed by atoms with Gasteiger partial charge >= 0.3 is 12.1 Å². The van der Waals surface area contributed by atoms with Crippen molar-refractivity contribution in [2.24, 2.45) is 7.05 Å². The first-order chi connectivity index (χ1) is 26.6. The quantitative estimate of drug-likeness (QED) is 0.0696. The van der Waals surface area contributed by atoms with Crippen molar-refractivity contribution >= 4 is 24.4 Å². The van der Waals surface area contributed by atoms with Crippen molar-refractivity contribution in [2.75, 3.05) is 47.9 Å². The third-order valence-electron chi connectivity index (χ3n) is 8.79. The summed E-state index contributed by atoms with van der Waals surface area (Å²) >= 11 is 1.38. The van der Waals surface area contributed by atoms with Crippen molar-refractivity contribution in [3.05, 3.63) is 118 Å². The predicted octanol–water partition coefficient (Wildman–Crippen LogP) is 6.75. The Balaban J connectivity index is 0.000000388. The van der Waals surface area contributed by atoms with Gasteiger partial charge < -0.3 is 18.3 Å². The number of ether oxygens (including phenoxy) is 1. The van der Waals surface area contributed by atoms with Gasteiger partial charge in [-0.2, -0.15) is 23.5 Å². The minimum atomic E-state index is -4.65. The number of amides is 1. The van der Waals surface area contributed by atoms with E-state index in [0.717, 1.165) is 26.2 Å². The van der Waals surface area contributed by atoms with E-state index in [4.69, 9.17) is 14.2 Å². The molecule has 0 spiro atoms. The van der Waals surface area contributed by atoms with Gasteiger partial charge in [0.25, 0.3) is 5.56 Å². The van der Waals surface area contributed by atoms with Crippen LogP contribution in [0.1, 0.15) is 41.3 Å². The zero-order chi connectivity index (χ0) is 41.0. The largest absolute Gasteiger partial charge is 0.458 e. The van der Waals surface area contributed by atoms with Crippen LogP contribution in [0, 0.1) is 11.3 Å². The number of likely N-dealkylation sites (tertiary alicyclic amines) is 1. The number of esters is 1. The van der Waals surface area contributed by atoms with Gasteiger partial charge in [0.1, 0.15) is 11.8 Å². The Hall–Kier alpha value is -5.63. The normalized spacial score (nSPS) is 13.1. The molecule has 0 N–H and O–H groups in total. The molecule has 16 heteroatoms. The molecule has 296 valence electrons. The molecule has 6 rings (SSSR count). The summed E-state index contributed by atoms with van der Waals surface area (Å²) in [5.74, 6) is -0.941. The van der Waals surface area contributed by atoms with Crippen LogP contribution in [0.15, 0.2) is 101 Å². The minimum Gasteiger partial charge on any atom is -0.458 e. The van der Waals surface area contributed by atoms with Crippen LogP contribution in [0.5, 0.6) is 0 Å². The Labute approximate surface area is 328 Å². The van der Waals surface area contributed by atoms with Crippen LogP contribution < -0.4 is 5.56 Å². The summed E-state index contributed by atoms with van der Waals surface area (Å²) in [5.41, 5.74) is -1.01. The molecule has 3 aromatic carbocycles. The van der Waals surface area contributed by atoms with Crippen molar-refractivity contribution < 1.29 is 36.2 Å². The molecule has 0 atom stereocenters. The molecule has 0 aliphatic carbocycles. The third-order valence-corrected chi connectivity index (χ3v) is 9.42. The zero-order valence-corrected chi connectivity index (χ0v) is 32.9. The van der Waals surface area contributed by atoms with E-state index in [2.05, 4.69) is 33.2 Å². The molecule has 1 aliphatic rings. The first-order valence-corrected chi connectivity index (χ1v) is 18.4. The lowest BCUT2D eigenvalue weighted by atomic mass is 10.1. The molecule has 0 saturated carbocycles. The molecule has 1 amide bonds. The van der Waals surface area contributed by atoms with E-state index in [1.165, 1.54) is 53.3 Å². The molecule has 0 unspecified atom stereocenters. The van der Waals surface area contributed by atoms with Gasteiger partial charge in [-0.3, -0.25) is 14.3 Å². The van der Waals surface area contributed by atoms with Crippen LogP contribution in [0.25, 0.3) is 22.8 Å². The van der Waals surface area contributed by atoms with Crippen molar-refractivity contribution in [2.45, 2.75) is 36.9 Å². The van der Waals surface area contributed by atoms with Crippen molar-refractivity contribution in [1.29, 1.82) is 5.26 Å². The number of nitriles is 1. The van der Waals surface area contributed by atoms with Crippen LogP contribution >= 0.6 is 12.0 Å². The second-order valence-corrected chi connectivity index (χ2v) is 14.6. The summed E-state index contributed by atoms with van der Waals surface area (Å²) < 4.78 is 55.8. The highest BCUT2D eigenvalue weighted by Gasteiger charge is 2.34. The number of hydrogen-bond acceptors (Lipinski definition) is 8. The number of rotatable bonds is 9. The number of carbonyl (C=O) groups is 2. The molecular weight excluding hydrogens is 748 g/mol. The van der Waals surface area contributed by atoms with Gasteiger partial charge in [0.05, 0.1) is 75.3 Å². The average molecular weight is 793 g/mol. The van der Waals surface area contributed by atoms with Gasteiger partial charge in [-0.25, -0.2) is 14.2 Å². The highest BCUT2D eigenvalue weighted by molar-refractivity contribution is 7.94. The smallest absolute Gasteiger partial charge is 0.416 e. The Morgan fingerprint density at radius 3 is 2.20 bits per heavy atom. The number of carbonyl (C=O) groups excluding carboxylic acids is 2. The summed E-state index contributed by atoms with van der Waals surface area (Å²) in [4.78, 5) is 41.1. The number of nitrogens with zero attached hydrogens (tertiary/aromatic N) is 7. The molecule has 1 fully saturated rings. The number of piperidine rings is 1. The standard InChI is InChI=1S/C28H23F3N6O4.C7H8OS.C5H14N/c1-34-25(23-9-12-33-36(23)20-7-5-18(16-32)6-8-20)24(27(40)41-22-10-13-35(17-38)14-11-22)26(39)37(34)21-4-2-3-19(15-21)28(29,30)31;1-8-9-7-5-3-2-4-6-7;1-5-6(2,3)4/h2-9,12,15,17,22H,10-11,13-14H2,1H3;2-6H,1H3;5H2,1-4H3/q;;+1. The summed E-state index contributed by atoms with van der Waals surface area (Å²) in [5, 5.41) is 13.5. The monoisotopic (exact) mass is 792 g/mol. The van der Waals surface area contributed by atoms with Gasteiger partial charge in [0, 0.05) is 49.9 Å². The van der Waals surface area contributed by atoms with E-state index in [-0.39, 0.29) is 16.9 Å². The molecule has 56 heavy (non-hydrogen) atoms. The number of aromatic nitrogens is 4. The van der Waals surface area contributed by atoms with Crippen molar-refractivity contribution in [1.82, 2.24) is 24.0 Å². The summed E-state index contributed by atoms with van der Waals surface area (Å²) in [6, 6.07) is 24.2. The maximum Gasteiger partial charge on any atom is 0.416 e. The average Bonchev–Trinajstić information content (AvgIpc) is 3.77. The summed E-state index contributed by atoms with van der Waals surface area (Å²) in [7, 11) is 9.66. The predicted molar refractivity (Wildman–Crippen MR) is 207 cm³/mol. The molecule has 0 bridgehead atoms. The van der Waals surface area contributed by atoms with E-state index in [9.17, 15) is 27.6 Å². The maximum absolute atomic E-state index is 13.8. The van der Waals surface area contributed by atoms with Crippen LogP contribution in [-0.2, 0) is 26.9 Å². The first-order valence-electron chi connectivity index (χ1n) is 17.6. The van der Waals surface area contributed by atoms with E-state index >= 15 is 0 Å². The summed E-state index contributed by atoms with van der Waals surface area (Å²) in [6.45, 7) is 4.14. The van der Waals surface area contributed by atoms with Crippen LogP contribution in [0.3, 0.4) is 0 Å². The third kappa shape index (κ3) is 11.2. The lowest BCUT2D eigenvalue weighted by Gasteiger charge is -2.28. The Morgan fingerprint density at radius 2 is 1.64 bits per heavy atom. The lowest BCUT2D eigenvalue weighted by molar-refractivity contribution is -0.868. The van der Waals surface area contributed by atoms with E-state index in [1.54, 1.807) is 42.3 Å². The lowest BCUT2D eigenvalue weighted by Crippen LogP contribution is -2.37. The zero-order valence-electron chi connectivity index (χ0n) is 32.1. The van der Waals surface area contributed by atoms with Crippen LogP contribution in [0.4, 0.5) is 13.2 Å². The van der Waals surface area contributed by atoms with E-state index in [0.29, 0.717) is 49.3 Å². The highest BCUT2D eigenvalue weighted by Crippen LogP contribution is 2.32. The molecule has 1 aliphatic heterocycles. The molecular formula is C40H45F3N7O5S+. The number of quaternary nitrogens is 1. The van der Waals surface area contributed by atoms with E-state index < -0.39 is 29.4 Å². The molecule has 3 heterocycles. The Kier molecular flexibility index (Phi) is 14.9.